The number of allylic oxidation sites excluding steroid dienone is 2. The van der Waals surface area contributed by atoms with Gasteiger partial charge in [-0.25, -0.2) is 0 Å². The number of aromatic nitrogens is 1. The second kappa shape index (κ2) is 4.42. The van der Waals surface area contributed by atoms with Crippen LogP contribution in [-0.2, 0) is 0 Å². The van der Waals surface area contributed by atoms with Crippen molar-refractivity contribution in [1.29, 1.82) is 0 Å². The minimum absolute atomic E-state index is 0.430. The van der Waals surface area contributed by atoms with Crippen molar-refractivity contribution in [3.63, 3.8) is 0 Å². The fourth-order valence-corrected chi connectivity index (χ4v) is 1.90. The number of nitrogens with one attached hydrogen (secondary N) is 1. The smallest absolute Gasteiger partial charge is 0.150 e. The topological polar surface area (TPSA) is 25.0 Å². The van der Waals surface area contributed by atoms with Crippen LogP contribution in [0, 0.1) is 5.92 Å². The van der Waals surface area contributed by atoms with Crippen LogP contribution in [0.3, 0.4) is 0 Å². The second-order valence-corrected chi connectivity index (χ2v) is 3.94. The first-order valence-corrected chi connectivity index (χ1v) is 5.82. The maximum Gasteiger partial charge on any atom is 0.150 e. The molecule has 2 nitrogen and oxygen atoms in total. The lowest BCUT2D eigenvalue weighted by atomic mass is 10.2. The van der Waals surface area contributed by atoms with Crippen molar-refractivity contribution in [2.75, 3.05) is 12.9 Å². The highest BCUT2D eigenvalue weighted by Gasteiger charge is 2.07. The van der Waals surface area contributed by atoms with E-state index in [2.05, 4.69) is 29.3 Å². The van der Waals surface area contributed by atoms with E-state index in [1.807, 2.05) is 18.5 Å². The monoisotopic (exact) mass is 207 g/mol. The van der Waals surface area contributed by atoms with Gasteiger partial charge < -0.3 is 9.72 Å². The Bertz CT molecular complexity index is 342. The summed E-state index contributed by atoms with van der Waals surface area (Å²) in [4.78, 5) is 3.13. The zero-order chi connectivity index (χ0) is 9.80. The largest absolute Gasteiger partial charge is 0.490 e. The Hall–Kier alpha value is -1.09. The van der Waals surface area contributed by atoms with Crippen molar-refractivity contribution < 1.29 is 4.74 Å². The van der Waals surface area contributed by atoms with Crippen molar-refractivity contribution in [3.05, 3.63) is 36.6 Å². The summed E-state index contributed by atoms with van der Waals surface area (Å²) in [6.45, 7) is 0.721. The molecule has 3 heteroatoms. The predicted molar refractivity (Wildman–Crippen MR) is 59.8 cm³/mol. The maximum absolute atomic E-state index is 5.70. The quantitative estimate of drug-likeness (QED) is 0.768. The molecule has 1 heterocycles. The van der Waals surface area contributed by atoms with Crippen LogP contribution in [0.4, 0.5) is 0 Å². The van der Waals surface area contributed by atoms with Crippen LogP contribution in [0.5, 0.6) is 5.75 Å². The minimum atomic E-state index is 0.430. The lowest BCUT2D eigenvalue weighted by Gasteiger charge is -2.08. The summed E-state index contributed by atoms with van der Waals surface area (Å²) in [5.41, 5.74) is 0. The van der Waals surface area contributed by atoms with E-state index in [9.17, 15) is 0 Å². The van der Waals surface area contributed by atoms with Crippen molar-refractivity contribution in [2.24, 2.45) is 5.92 Å². The molecule has 1 N–H and O–H groups in total. The Balaban J connectivity index is 1.91. The zero-order valence-corrected chi connectivity index (χ0v) is 8.88. The normalized spacial score (nSPS) is 15.2. The van der Waals surface area contributed by atoms with Gasteiger partial charge in [0.2, 0.25) is 0 Å². The van der Waals surface area contributed by atoms with Crippen LogP contribution in [0.15, 0.2) is 41.6 Å². The molecule has 0 radical (unpaired) electrons. The summed E-state index contributed by atoms with van der Waals surface area (Å²) in [6.07, 6.45) is 12.3. The molecule has 14 heavy (non-hydrogen) atoms. The average Bonchev–Trinajstić information content (AvgIpc) is 2.85. The summed E-state index contributed by atoms with van der Waals surface area (Å²) in [6, 6.07) is 1.97. The van der Waals surface area contributed by atoms with Crippen molar-refractivity contribution in [1.82, 2.24) is 4.98 Å². The van der Waals surface area contributed by atoms with E-state index in [0.29, 0.717) is 5.92 Å². The first kappa shape index (κ1) is 9.46. The Morgan fingerprint density at radius 1 is 1.43 bits per heavy atom. The Labute approximate surface area is 88.0 Å². The van der Waals surface area contributed by atoms with Gasteiger partial charge in [0, 0.05) is 12.1 Å². The van der Waals surface area contributed by atoms with E-state index < -0.39 is 0 Å². The molecule has 0 aliphatic heterocycles. The van der Waals surface area contributed by atoms with Crippen LogP contribution in [0.1, 0.15) is 0 Å². The standard InChI is InChI=1S/C11H13NOS/c1-14-11-10(6-7-12-11)13-8-9-4-2-3-5-9/h2-7,9,12H,8H2,1H3. The Kier molecular flexibility index (Phi) is 2.99. The maximum atomic E-state index is 5.70. The summed E-state index contributed by atoms with van der Waals surface area (Å²) in [7, 11) is 0. The van der Waals surface area contributed by atoms with Crippen LogP contribution in [-0.4, -0.2) is 17.8 Å². The molecule has 1 aliphatic carbocycles. The molecule has 0 amide bonds. The number of H-pyrrole nitrogens is 1. The van der Waals surface area contributed by atoms with Gasteiger partial charge in [-0.2, -0.15) is 0 Å². The average molecular weight is 207 g/mol. The summed E-state index contributed by atoms with van der Waals surface area (Å²) >= 11 is 1.67. The van der Waals surface area contributed by atoms with Crippen molar-refractivity contribution in [2.45, 2.75) is 5.03 Å². The third-order valence-electron chi connectivity index (χ3n) is 2.14. The fourth-order valence-electron chi connectivity index (χ4n) is 1.39. The number of ether oxygens (including phenoxy) is 1. The highest BCUT2D eigenvalue weighted by atomic mass is 32.2. The van der Waals surface area contributed by atoms with E-state index in [1.54, 1.807) is 11.8 Å². The highest BCUT2D eigenvalue weighted by Crippen LogP contribution is 2.26. The molecule has 74 valence electrons. The third-order valence-corrected chi connectivity index (χ3v) is 2.86. The van der Waals surface area contributed by atoms with Gasteiger partial charge in [-0.15, -0.1) is 11.8 Å². The Morgan fingerprint density at radius 2 is 2.21 bits per heavy atom. The molecule has 0 unspecified atom stereocenters. The van der Waals surface area contributed by atoms with Gasteiger partial charge in [-0.1, -0.05) is 24.3 Å². The zero-order valence-electron chi connectivity index (χ0n) is 8.07. The van der Waals surface area contributed by atoms with E-state index in [1.165, 1.54) is 0 Å². The van der Waals surface area contributed by atoms with E-state index in [4.69, 9.17) is 4.74 Å². The SMILES string of the molecule is CSc1[nH]ccc1OCC1C=CC=C1. The molecule has 0 atom stereocenters. The summed E-state index contributed by atoms with van der Waals surface area (Å²) in [5.74, 6) is 1.38. The predicted octanol–water partition coefficient (Wildman–Crippen LogP) is 2.86. The van der Waals surface area contributed by atoms with Gasteiger partial charge in [0.15, 0.2) is 5.75 Å². The van der Waals surface area contributed by atoms with Gasteiger partial charge >= 0.3 is 0 Å². The van der Waals surface area contributed by atoms with Gasteiger partial charge in [-0.3, -0.25) is 0 Å². The van der Waals surface area contributed by atoms with Gasteiger partial charge in [0.1, 0.15) is 5.03 Å². The van der Waals surface area contributed by atoms with Crippen LogP contribution in [0.2, 0.25) is 0 Å². The second-order valence-electron chi connectivity index (χ2n) is 3.12. The molecule has 0 saturated heterocycles. The van der Waals surface area contributed by atoms with E-state index >= 15 is 0 Å². The fraction of sp³-hybridized carbons (Fsp3) is 0.273. The van der Waals surface area contributed by atoms with Crippen LogP contribution >= 0.6 is 11.8 Å². The number of aromatic amines is 1. The molecule has 1 aliphatic rings. The molecular weight excluding hydrogens is 194 g/mol. The molecule has 1 aromatic rings. The Morgan fingerprint density at radius 3 is 2.93 bits per heavy atom. The van der Waals surface area contributed by atoms with Gasteiger partial charge in [0.05, 0.1) is 6.61 Å². The molecule has 0 saturated carbocycles. The molecule has 1 aromatic heterocycles. The summed E-state index contributed by atoms with van der Waals surface area (Å²) < 4.78 is 5.70. The molecule has 0 fully saturated rings. The van der Waals surface area contributed by atoms with E-state index in [-0.39, 0.29) is 0 Å². The third kappa shape index (κ3) is 2.04. The number of rotatable bonds is 4. The highest BCUT2D eigenvalue weighted by molar-refractivity contribution is 7.98. The van der Waals surface area contributed by atoms with Gasteiger partial charge in [-0.05, 0) is 12.3 Å². The molecule has 0 aromatic carbocycles. The first-order valence-electron chi connectivity index (χ1n) is 4.59. The molecule has 0 spiro atoms. The first-order chi connectivity index (χ1) is 6.90. The molecular formula is C11H13NOS. The molecule has 0 bridgehead atoms. The van der Waals surface area contributed by atoms with Crippen LogP contribution in [0.25, 0.3) is 0 Å². The molecule has 2 rings (SSSR count). The van der Waals surface area contributed by atoms with E-state index in [0.717, 1.165) is 17.4 Å². The number of hydrogen-bond acceptors (Lipinski definition) is 2. The lowest BCUT2D eigenvalue weighted by molar-refractivity contribution is 0.291. The number of hydrogen-bond donors (Lipinski definition) is 1. The summed E-state index contributed by atoms with van der Waals surface area (Å²) in [5, 5.41) is 1.09. The van der Waals surface area contributed by atoms with Gasteiger partial charge in [0.25, 0.3) is 0 Å². The number of thioether (sulfide) groups is 1. The van der Waals surface area contributed by atoms with Crippen LogP contribution < -0.4 is 4.74 Å². The van der Waals surface area contributed by atoms with Crippen molar-refractivity contribution in [3.8, 4) is 5.75 Å². The lowest BCUT2D eigenvalue weighted by Crippen LogP contribution is -2.05. The van der Waals surface area contributed by atoms with Crippen molar-refractivity contribution >= 4 is 11.8 Å². The minimum Gasteiger partial charge on any atom is -0.490 e.